The van der Waals surface area contributed by atoms with Crippen LogP contribution in [0.2, 0.25) is 0 Å². The van der Waals surface area contributed by atoms with E-state index in [0.29, 0.717) is 159 Å². The molecule has 1 N–H and O–H groups in total. The molecule has 66 heavy (non-hydrogen) atoms. The quantitative estimate of drug-likeness (QED) is 0.0403. The molecule has 0 radical (unpaired) electrons. The van der Waals surface area contributed by atoms with E-state index in [1.807, 2.05) is 84.9 Å². The minimum Gasteiger partial charge on any atom is -0.445 e. The number of hydrogen-bond acceptors (Lipinski definition) is 14. The number of ether oxygens (including phenoxy) is 13. The average Bonchev–Trinajstić information content (AvgIpc) is 3.36. The molecule has 0 saturated carbocycles. The lowest BCUT2D eigenvalue weighted by molar-refractivity contribution is -0.0399. The number of carbonyl (C=O) groups excluding carboxylic acids is 1. The van der Waals surface area contributed by atoms with Gasteiger partial charge < -0.3 is 66.9 Å². The van der Waals surface area contributed by atoms with Crippen LogP contribution in [-0.2, 0) is 73.8 Å². The number of alkyl carbamates (subject to hydrolysis) is 1. The molecule has 4 aromatic rings. The van der Waals surface area contributed by atoms with Gasteiger partial charge in [-0.05, 0) is 22.3 Å². The van der Waals surface area contributed by atoms with Gasteiger partial charge in [0.15, 0.2) is 0 Å². The lowest BCUT2D eigenvalue weighted by atomic mass is 9.80. The second-order valence-corrected chi connectivity index (χ2v) is 14.4. The number of rotatable bonds is 42. The van der Waals surface area contributed by atoms with Crippen LogP contribution in [0.15, 0.2) is 121 Å². The summed E-state index contributed by atoms with van der Waals surface area (Å²) >= 11 is 0. The first-order chi connectivity index (χ1) is 32.8. The van der Waals surface area contributed by atoms with E-state index in [-0.39, 0.29) is 6.61 Å². The third kappa shape index (κ3) is 24.4. The molecule has 364 valence electrons. The predicted molar refractivity (Wildman–Crippen MR) is 249 cm³/mol. The van der Waals surface area contributed by atoms with E-state index in [4.69, 9.17) is 61.6 Å². The van der Waals surface area contributed by atoms with Gasteiger partial charge in [0.2, 0.25) is 0 Å². The zero-order chi connectivity index (χ0) is 46.1. The zero-order valence-electron chi connectivity index (χ0n) is 38.4. The summed E-state index contributed by atoms with van der Waals surface area (Å²) in [4.78, 5) is 11.7. The first-order valence-corrected chi connectivity index (χ1v) is 22.9. The van der Waals surface area contributed by atoms with Crippen molar-refractivity contribution in [3.8, 4) is 0 Å². The Bertz CT molecular complexity index is 1600. The van der Waals surface area contributed by atoms with Gasteiger partial charge in [-0.3, -0.25) is 0 Å². The van der Waals surface area contributed by atoms with E-state index in [2.05, 4.69) is 41.7 Å². The summed E-state index contributed by atoms with van der Waals surface area (Å²) in [7, 11) is 0. The summed E-state index contributed by atoms with van der Waals surface area (Å²) < 4.78 is 73.1. The molecule has 0 atom stereocenters. The Kier molecular flexibility index (Phi) is 31.0. The maximum absolute atomic E-state index is 11.7. The second-order valence-electron chi connectivity index (χ2n) is 14.4. The van der Waals surface area contributed by atoms with Crippen molar-refractivity contribution in [2.75, 3.05) is 159 Å². The van der Waals surface area contributed by atoms with Gasteiger partial charge in [0.25, 0.3) is 0 Å². The van der Waals surface area contributed by atoms with Crippen molar-refractivity contribution in [3.05, 3.63) is 144 Å². The highest BCUT2D eigenvalue weighted by Gasteiger charge is 2.37. The van der Waals surface area contributed by atoms with Crippen LogP contribution in [0.4, 0.5) is 4.79 Å². The second kappa shape index (κ2) is 37.7. The molecule has 0 aliphatic heterocycles. The summed E-state index contributed by atoms with van der Waals surface area (Å²) in [6.07, 6.45) is -0.472. The molecule has 4 rings (SSSR count). The molecule has 0 aliphatic carbocycles. The zero-order valence-corrected chi connectivity index (χ0v) is 38.4. The van der Waals surface area contributed by atoms with Crippen LogP contribution in [0, 0.1) is 0 Å². The topological polar surface area (TPSA) is 149 Å². The Hall–Kier alpha value is -4.33. The Morgan fingerprint density at radius 1 is 0.333 bits per heavy atom. The monoisotopic (exact) mass is 921 g/mol. The highest BCUT2D eigenvalue weighted by molar-refractivity contribution is 5.67. The third-order valence-electron chi connectivity index (χ3n) is 9.54. The first kappa shape index (κ1) is 54.3. The van der Waals surface area contributed by atoms with Gasteiger partial charge in [0, 0.05) is 6.54 Å². The van der Waals surface area contributed by atoms with Gasteiger partial charge in [-0.1, -0.05) is 121 Å². The van der Waals surface area contributed by atoms with Crippen LogP contribution < -0.4 is 5.32 Å². The fraction of sp³-hybridized carbons (Fsp3) is 0.510. The highest BCUT2D eigenvalue weighted by Crippen LogP contribution is 2.40. The first-order valence-electron chi connectivity index (χ1n) is 22.9. The van der Waals surface area contributed by atoms with Crippen molar-refractivity contribution in [2.24, 2.45) is 0 Å². The summed E-state index contributed by atoms with van der Waals surface area (Å²) in [6.45, 7) is 11.3. The molecule has 0 heterocycles. The van der Waals surface area contributed by atoms with E-state index >= 15 is 0 Å². The number of hydrogen-bond donors (Lipinski definition) is 1. The maximum atomic E-state index is 11.7. The normalized spacial score (nSPS) is 11.5. The molecule has 0 saturated heterocycles. The molecular weight excluding hydrogens is 851 g/mol. The van der Waals surface area contributed by atoms with E-state index in [1.165, 1.54) is 0 Å². The van der Waals surface area contributed by atoms with E-state index in [1.54, 1.807) is 0 Å². The van der Waals surface area contributed by atoms with Crippen LogP contribution in [0.3, 0.4) is 0 Å². The number of amides is 1. The van der Waals surface area contributed by atoms with Crippen LogP contribution in [0.25, 0.3) is 0 Å². The molecule has 0 spiro atoms. The summed E-state index contributed by atoms with van der Waals surface area (Å²) in [5.74, 6) is 0. The summed E-state index contributed by atoms with van der Waals surface area (Å²) in [6, 6.07) is 40.5. The van der Waals surface area contributed by atoms with E-state index in [9.17, 15) is 4.79 Å². The smallest absolute Gasteiger partial charge is 0.407 e. The SMILES string of the molecule is O=C(NCCOCCOCCOCCOCCOCCOCCOCCOCCOCCOCCOCCOC(c1ccccc1)(c1ccccc1)c1ccccc1)OCc1ccccc1. The summed E-state index contributed by atoms with van der Waals surface area (Å²) in [5.41, 5.74) is 3.36. The molecule has 1 amide bonds. The lowest BCUT2D eigenvalue weighted by Crippen LogP contribution is -2.34. The lowest BCUT2D eigenvalue weighted by Gasteiger charge is -2.36. The Morgan fingerprint density at radius 2 is 0.591 bits per heavy atom. The minimum atomic E-state index is -0.759. The van der Waals surface area contributed by atoms with Crippen molar-refractivity contribution >= 4 is 6.09 Å². The van der Waals surface area contributed by atoms with Crippen molar-refractivity contribution in [2.45, 2.75) is 12.2 Å². The van der Waals surface area contributed by atoms with Crippen molar-refractivity contribution < 1.29 is 66.4 Å². The Labute approximate surface area is 391 Å². The van der Waals surface area contributed by atoms with Gasteiger partial charge in [-0.15, -0.1) is 0 Å². The Balaban J connectivity index is 0.812. The molecule has 0 aromatic heterocycles. The summed E-state index contributed by atoms with van der Waals surface area (Å²) in [5, 5.41) is 2.65. The van der Waals surface area contributed by atoms with E-state index in [0.717, 1.165) is 22.3 Å². The molecule has 4 aromatic carbocycles. The van der Waals surface area contributed by atoms with Crippen LogP contribution in [0.1, 0.15) is 22.3 Å². The number of carbonyl (C=O) groups is 1. The van der Waals surface area contributed by atoms with Gasteiger partial charge in [0.05, 0.1) is 152 Å². The minimum absolute atomic E-state index is 0.233. The maximum Gasteiger partial charge on any atom is 0.407 e. The van der Waals surface area contributed by atoms with Crippen molar-refractivity contribution in [1.29, 1.82) is 0 Å². The molecule has 0 unspecified atom stereocenters. The Morgan fingerprint density at radius 3 is 0.894 bits per heavy atom. The standard InChI is InChI=1S/C51H71NO14/c53-50(65-45-46-13-5-1-6-14-46)52-21-22-54-23-24-55-25-26-56-27-28-57-29-30-58-31-32-59-33-34-60-35-36-61-37-38-62-39-40-63-41-42-64-43-44-66-51(47-15-7-2-8-16-47,48-17-9-3-10-18-48)49-19-11-4-12-20-49/h1-20H,21-45H2,(H,52,53). The third-order valence-corrected chi connectivity index (χ3v) is 9.54. The molecular formula is C51H71NO14. The molecule has 15 heteroatoms. The molecule has 0 fully saturated rings. The predicted octanol–water partition coefficient (Wildman–Crippen LogP) is 6.10. The molecule has 0 bridgehead atoms. The van der Waals surface area contributed by atoms with Crippen LogP contribution >= 0.6 is 0 Å². The van der Waals surface area contributed by atoms with E-state index < -0.39 is 11.7 Å². The van der Waals surface area contributed by atoms with Crippen LogP contribution in [0.5, 0.6) is 0 Å². The van der Waals surface area contributed by atoms with Crippen molar-refractivity contribution in [3.63, 3.8) is 0 Å². The molecule has 15 nitrogen and oxygen atoms in total. The van der Waals surface area contributed by atoms with Gasteiger partial charge in [0.1, 0.15) is 12.2 Å². The van der Waals surface area contributed by atoms with Gasteiger partial charge in [-0.2, -0.15) is 0 Å². The largest absolute Gasteiger partial charge is 0.445 e. The van der Waals surface area contributed by atoms with Gasteiger partial charge >= 0.3 is 6.09 Å². The van der Waals surface area contributed by atoms with Gasteiger partial charge in [-0.25, -0.2) is 4.79 Å². The highest BCUT2D eigenvalue weighted by atomic mass is 16.6. The fourth-order valence-electron chi connectivity index (χ4n) is 6.32. The molecule has 0 aliphatic rings. The number of nitrogens with one attached hydrogen (secondary N) is 1. The fourth-order valence-corrected chi connectivity index (χ4v) is 6.32. The van der Waals surface area contributed by atoms with Crippen molar-refractivity contribution in [1.82, 2.24) is 5.32 Å². The number of benzene rings is 4. The van der Waals surface area contributed by atoms with Crippen LogP contribution in [-0.4, -0.2) is 165 Å². The average molecular weight is 922 g/mol.